The molecule has 1 N–H and O–H groups in total. The van der Waals surface area contributed by atoms with Gasteiger partial charge in [-0.15, -0.1) is 0 Å². The highest BCUT2D eigenvalue weighted by atomic mass is 16.7. The van der Waals surface area contributed by atoms with Crippen LogP contribution in [0.1, 0.15) is 33.3 Å². The summed E-state index contributed by atoms with van der Waals surface area (Å²) < 4.78 is 27.6. The summed E-state index contributed by atoms with van der Waals surface area (Å²) in [6.07, 6.45) is -4.36. The van der Waals surface area contributed by atoms with Gasteiger partial charge >= 0.3 is 17.9 Å². The van der Waals surface area contributed by atoms with E-state index in [2.05, 4.69) is 5.32 Å². The molecular weight excluding hydrogens is 410 g/mol. The van der Waals surface area contributed by atoms with E-state index in [0.717, 1.165) is 5.56 Å². The van der Waals surface area contributed by atoms with E-state index in [9.17, 15) is 19.2 Å². The second-order valence-corrected chi connectivity index (χ2v) is 7.02. The number of hydrogen-bond acceptors (Lipinski definition) is 9. The molecule has 1 aromatic rings. The molecule has 0 bridgehead atoms. The molecule has 0 saturated carbocycles. The van der Waals surface area contributed by atoms with Gasteiger partial charge in [0, 0.05) is 27.7 Å². The largest absolute Gasteiger partial charge is 0.463 e. The van der Waals surface area contributed by atoms with Crippen LogP contribution < -0.4 is 5.32 Å². The lowest BCUT2D eigenvalue weighted by Crippen LogP contribution is -2.66. The Morgan fingerprint density at radius 3 is 2.06 bits per heavy atom. The van der Waals surface area contributed by atoms with Crippen LogP contribution in [0.15, 0.2) is 30.3 Å². The molecule has 5 atom stereocenters. The number of amides is 1. The summed E-state index contributed by atoms with van der Waals surface area (Å²) >= 11 is 0. The first-order valence-corrected chi connectivity index (χ1v) is 9.73. The molecule has 10 nitrogen and oxygen atoms in total. The molecule has 0 unspecified atom stereocenters. The van der Waals surface area contributed by atoms with Crippen molar-refractivity contribution in [2.75, 3.05) is 6.61 Å². The molecule has 10 heteroatoms. The molecule has 1 aromatic carbocycles. The van der Waals surface area contributed by atoms with Crippen LogP contribution in [0.4, 0.5) is 0 Å². The number of benzene rings is 1. The Morgan fingerprint density at radius 1 is 0.903 bits per heavy atom. The SMILES string of the molecule is CC(=O)N[C@@H]1[C@@H](OCc2ccccc2)O[C@@H](COC(C)=O)[C@@H](OC(C)=O)[C@H]1OC(C)=O. The highest BCUT2D eigenvalue weighted by molar-refractivity contribution is 5.73. The predicted octanol–water partition coefficient (Wildman–Crippen LogP) is 0.859. The van der Waals surface area contributed by atoms with Gasteiger partial charge in [0.05, 0.1) is 6.61 Å². The lowest BCUT2D eigenvalue weighted by Gasteiger charge is -2.44. The highest BCUT2D eigenvalue weighted by Crippen LogP contribution is 2.28. The number of hydrogen-bond donors (Lipinski definition) is 1. The van der Waals surface area contributed by atoms with Crippen molar-refractivity contribution >= 4 is 23.8 Å². The third kappa shape index (κ3) is 7.65. The number of ether oxygens (including phenoxy) is 5. The van der Waals surface area contributed by atoms with E-state index in [1.807, 2.05) is 30.3 Å². The molecule has 1 aliphatic rings. The summed E-state index contributed by atoms with van der Waals surface area (Å²) in [7, 11) is 0. The zero-order valence-corrected chi connectivity index (χ0v) is 17.9. The first-order chi connectivity index (χ1) is 14.7. The molecule has 1 aliphatic heterocycles. The van der Waals surface area contributed by atoms with Gasteiger partial charge in [0.15, 0.2) is 18.5 Å². The van der Waals surface area contributed by atoms with Gasteiger partial charge in [-0.1, -0.05) is 30.3 Å². The minimum atomic E-state index is -1.14. The molecule has 1 amide bonds. The molecule has 0 spiro atoms. The maximum atomic E-state index is 11.8. The van der Waals surface area contributed by atoms with Crippen LogP contribution in [0.2, 0.25) is 0 Å². The lowest BCUT2D eigenvalue weighted by molar-refractivity contribution is -0.280. The van der Waals surface area contributed by atoms with Gasteiger partial charge in [0.2, 0.25) is 5.91 Å². The molecule has 31 heavy (non-hydrogen) atoms. The van der Waals surface area contributed by atoms with Crippen LogP contribution in [0, 0.1) is 0 Å². The molecule has 2 rings (SSSR count). The Labute approximate surface area is 180 Å². The fourth-order valence-electron chi connectivity index (χ4n) is 3.19. The van der Waals surface area contributed by atoms with E-state index in [-0.39, 0.29) is 13.2 Å². The summed E-state index contributed by atoms with van der Waals surface area (Å²) in [6, 6.07) is 8.25. The van der Waals surface area contributed by atoms with Gasteiger partial charge in [-0.25, -0.2) is 0 Å². The molecule has 1 heterocycles. The maximum absolute atomic E-state index is 11.8. The third-order valence-electron chi connectivity index (χ3n) is 4.33. The molecule has 0 radical (unpaired) electrons. The van der Waals surface area contributed by atoms with Crippen molar-refractivity contribution in [3.05, 3.63) is 35.9 Å². The van der Waals surface area contributed by atoms with E-state index in [0.29, 0.717) is 0 Å². The van der Waals surface area contributed by atoms with Crippen LogP contribution in [0.5, 0.6) is 0 Å². The number of carbonyl (C=O) groups is 4. The van der Waals surface area contributed by atoms with Crippen LogP contribution in [-0.2, 0) is 49.5 Å². The average molecular weight is 437 g/mol. The average Bonchev–Trinajstić information content (AvgIpc) is 2.68. The summed E-state index contributed by atoms with van der Waals surface area (Å²) in [6.45, 7) is 4.72. The second kappa shape index (κ2) is 11.4. The van der Waals surface area contributed by atoms with Crippen molar-refractivity contribution in [2.45, 2.75) is 64.9 Å². The van der Waals surface area contributed by atoms with Crippen molar-refractivity contribution < 1.29 is 42.9 Å². The zero-order chi connectivity index (χ0) is 23.0. The van der Waals surface area contributed by atoms with E-state index in [1.54, 1.807) is 0 Å². The normalized spacial score (nSPS) is 25.2. The van der Waals surface area contributed by atoms with Gasteiger partial charge in [-0.2, -0.15) is 0 Å². The Balaban J connectivity index is 2.35. The van der Waals surface area contributed by atoms with Crippen LogP contribution in [-0.4, -0.2) is 61.1 Å². The predicted molar refractivity (Wildman–Crippen MR) is 105 cm³/mol. The summed E-state index contributed by atoms with van der Waals surface area (Å²) in [5.41, 5.74) is 0.843. The molecule has 0 aliphatic carbocycles. The van der Waals surface area contributed by atoms with Gasteiger partial charge in [0.1, 0.15) is 18.8 Å². The molecule has 170 valence electrons. The van der Waals surface area contributed by atoms with Crippen LogP contribution >= 0.6 is 0 Å². The molecule has 1 fully saturated rings. The molecular formula is C21H27NO9. The van der Waals surface area contributed by atoms with Gasteiger partial charge < -0.3 is 29.0 Å². The number of carbonyl (C=O) groups excluding carboxylic acids is 4. The monoisotopic (exact) mass is 437 g/mol. The minimum Gasteiger partial charge on any atom is -0.463 e. The number of esters is 3. The van der Waals surface area contributed by atoms with Gasteiger partial charge in [-0.3, -0.25) is 19.2 Å². The smallest absolute Gasteiger partial charge is 0.303 e. The van der Waals surface area contributed by atoms with Gasteiger partial charge in [-0.05, 0) is 5.56 Å². The van der Waals surface area contributed by atoms with Crippen molar-refractivity contribution in [1.82, 2.24) is 5.32 Å². The fourth-order valence-corrected chi connectivity index (χ4v) is 3.19. The topological polar surface area (TPSA) is 126 Å². The highest BCUT2D eigenvalue weighted by Gasteiger charge is 2.51. The van der Waals surface area contributed by atoms with E-state index < -0.39 is 54.5 Å². The van der Waals surface area contributed by atoms with Crippen molar-refractivity contribution in [2.24, 2.45) is 0 Å². The Morgan fingerprint density at radius 2 is 1.52 bits per heavy atom. The fraction of sp³-hybridized carbons (Fsp3) is 0.524. The number of nitrogens with one attached hydrogen (secondary N) is 1. The minimum absolute atomic E-state index is 0.132. The Hall–Kier alpha value is -2.98. The molecule has 0 aromatic heterocycles. The number of rotatable bonds is 8. The lowest BCUT2D eigenvalue weighted by atomic mass is 9.96. The standard InChI is InChI=1S/C21H27NO9/c1-12(23)22-18-20(30-15(4)26)19(29-14(3)25)17(11-27-13(2)24)31-21(18)28-10-16-8-6-5-7-9-16/h5-9,17-21H,10-11H2,1-4H3,(H,22,23)/t17-,18-,19+,20-,21-/m0/s1. The summed E-state index contributed by atoms with van der Waals surface area (Å²) in [5.74, 6) is -2.32. The van der Waals surface area contributed by atoms with Crippen LogP contribution in [0.3, 0.4) is 0 Å². The quantitative estimate of drug-likeness (QED) is 0.465. The summed E-state index contributed by atoms with van der Waals surface area (Å²) in [4.78, 5) is 46.7. The van der Waals surface area contributed by atoms with Crippen LogP contribution in [0.25, 0.3) is 0 Å². The second-order valence-electron chi connectivity index (χ2n) is 7.02. The Bertz CT molecular complexity index is 782. The third-order valence-corrected chi connectivity index (χ3v) is 4.33. The maximum Gasteiger partial charge on any atom is 0.303 e. The first kappa shape index (κ1) is 24.3. The first-order valence-electron chi connectivity index (χ1n) is 9.73. The van der Waals surface area contributed by atoms with Gasteiger partial charge in [0.25, 0.3) is 0 Å². The zero-order valence-electron chi connectivity index (χ0n) is 17.9. The van der Waals surface area contributed by atoms with E-state index >= 15 is 0 Å². The van der Waals surface area contributed by atoms with Crippen molar-refractivity contribution in [3.8, 4) is 0 Å². The van der Waals surface area contributed by atoms with Crippen molar-refractivity contribution in [1.29, 1.82) is 0 Å². The molecule has 1 saturated heterocycles. The van der Waals surface area contributed by atoms with E-state index in [4.69, 9.17) is 23.7 Å². The van der Waals surface area contributed by atoms with E-state index in [1.165, 1.54) is 27.7 Å². The van der Waals surface area contributed by atoms with Crippen molar-refractivity contribution in [3.63, 3.8) is 0 Å². The summed E-state index contributed by atoms with van der Waals surface area (Å²) in [5, 5.41) is 2.65. The Kier molecular flexibility index (Phi) is 8.95.